The Morgan fingerprint density at radius 2 is 2.17 bits per heavy atom. The molecule has 1 aliphatic heterocycles. The van der Waals surface area contributed by atoms with E-state index in [1.807, 2.05) is 18.2 Å². The molecule has 2 N–H and O–H groups in total. The number of nitrogens with zero attached hydrogens (tertiary/aromatic N) is 2. The van der Waals surface area contributed by atoms with Crippen molar-refractivity contribution in [3.8, 4) is 22.9 Å². The third-order valence-electron chi connectivity index (χ3n) is 5.18. The number of pyridine rings is 1. The molecule has 0 amide bonds. The lowest BCUT2D eigenvalue weighted by molar-refractivity contribution is 0.0697. The van der Waals surface area contributed by atoms with Gasteiger partial charge in [-0.25, -0.2) is 9.18 Å². The number of nitriles is 1. The Balaban J connectivity index is 1.57. The summed E-state index contributed by atoms with van der Waals surface area (Å²) >= 11 is 0. The summed E-state index contributed by atoms with van der Waals surface area (Å²) in [5, 5.41) is 21.4. The number of aromatic nitrogens is 1. The van der Waals surface area contributed by atoms with Gasteiger partial charge in [-0.2, -0.15) is 5.26 Å². The van der Waals surface area contributed by atoms with Crippen molar-refractivity contribution in [2.24, 2.45) is 0 Å². The Hall–Kier alpha value is -3.92. The highest BCUT2D eigenvalue weighted by Gasteiger charge is 2.23. The first-order valence-electron chi connectivity index (χ1n) is 9.44. The maximum absolute atomic E-state index is 14.4. The molecule has 4 rings (SSSR count). The molecule has 2 heterocycles. The number of carboxylic acids is 1. The number of hydrogen-bond donors (Lipinski definition) is 2. The summed E-state index contributed by atoms with van der Waals surface area (Å²) in [5.41, 5.74) is 2.96. The van der Waals surface area contributed by atoms with Crippen LogP contribution >= 0.6 is 0 Å². The number of hydrogen-bond acceptors (Lipinski definition) is 5. The summed E-state index contributed by atoms with van der Waals surface area (Å²) in [5.74, 6) is -0.684. The number of benzene rings is 2. The first-order valence-corrected chi connectivity index (χ1v) is 9.44. The molecule has 0 bridgehead atoms. The SMILES string of the molecule is N#Cc1ccc(-c2ccc3c(c2)OCCC3CNc2cnccc2C(=O)O)c(F)c1. The molecule has 0 radical (unpaired) electrons. The number of carboxylic acid groups (broad SMARTS) is 1. The molecule has 2 aromatic carbocycles. The molecule has 1 atom stereocenters. The summed E-state index contributed by atoms with van der Waals surface area (Å²) in [7, 11) is 0. The number of aromatic carboxylic acids is 1. The van der Waals surface area contributed by atoms with Crippen LogP contribution in [-0.2, 0) is 0 Å². The van der Waals surface area contributed by atoms with Gasteiger partial charge < -0.3 is 15.2 Å². The molecule has 1 unspecified atom stereocenters. The predicted molar refractivity (Wildman–Crippen MR) is 109 cm³/mol. The van der Waals surface area contributed by atoms with Gasteiger partial charge in [0.15, 0.2) is 0 Å². The smallest absolute Gasteiger partial charge is 0.337 e. The molecule has 6 nitrogen and oxygen atoms in total. The molecule has 7 heteroatoms. The Bertz CT molecular complexity index is 1160. The second-order valence-electron chi connectivity index (χ2n) is 7.00. The molecule has 150 valence electrons. The van der Waals surface area contributed by atoms with Crippen molar-refractivity contribution >= 4 is 11.7 Å². The van der Waals surface area contributed by atoms with E-state index in [0.29, 0.717) is 35.7 Å². The van der Waals surface area contributed by atoms with Crippen LogP contribution in [0.1, 0.15) is 33.8 Å². The zero-order chi connectivity index (χ0) is 21.1. The molecule has 0 aliphatic carbocycles. The third kappa shape index (κ3) is 3.80. The van der Waals surface area contributed by atoms with Crippen molar-refractivity contribution in [2.75, 3.05) is 18.5 Å². The van der Waals surface area contributed by atoms with E-state index in [1.165, 1.54) is 24.5 Å². The number of halogens is 1. The average molecular weight is 403 g/mol. The van der Waals surface area contributed by atoms with Crippen LogP contribution in [0.15, 0.2) is 54.9 Å². The van der Waals surface area contributed by atoms with E-state index in [-0.39, 0.29) is 17.0 Å². The van der Waals surface area contributed by atoms with Crippen molar-refractivity contribution in [1.29, 1.82) is 5.26 Å². The van der Waals surface area contributed by atoms with Gasteiger partial charge in [-0.3, -0.25) is 4.98 Å². The zero-order valence-corrected chi connectivity index (χ0v) is 15.9. The maximum atomic E-state index is 14.4. The number of ether oxygens (including phenoxy) is 1. The number of carbonyl (C=O) groups is 1. The summed E-state index contributed by atoms with van der Waals surface area (Å²) in [4.78, 5) is 15.4. The summed E-state index contributed by atoms with van der Waals surface area (Å²) in [6.45, 7) is 1.03. The Morgan fingerprint density at radius 3 is 2.93 bits per heavy atom. The lowest BCUT2D eigenvalue weighted by atomic mass is 9.90. The van der Waals surface area contributed by atoms with Crippen molar-refractivity contribution in [2.45, 2.75) is 12.3 Å². The molecular formula is C23H18FN3O3. The van der Waals surface area contributed by atoms with E-state index in [4.69, 9.17) is 10.00 Å². The molecule has 0 saturated carbocycles. The topological polar surface area (TPSA) is 95.2 Å². The van der Waals surface area contributed by atoms with Crippen LogP contribution in [0, 0.1) is 17.1 Å². The van der Waals surface area contributed by atoms with E-state index in [9.17, 15) is 14.3 Å². The van der Waals surface area contributed by atoms with Crippen LogP contribution in [0.4, 0.5) is 10.1 Å². The van der Waals surface area contributed by atoms with Crippen molar-refractivity contribution in [3.63, 3.8) is 0 Å². The fourth-order valence-electron chi connectivity index (χ4n) is 3.62. The van der Waals surface area contributed by atoms with Gasteiger partial charge in [0.1, 0.15) is 11.6 Å². The minimum absolute atomic E-state index is 0.107. The minimum Gasteiger partial charge on any atom is -0.493 e. The quantitative estimate of drug-likeness (QED) is 0.654. The van der Waals surface area contributed by atoms with Crippen LogP contribution in [-0.4, -0.2) is 29.2 Å². The second kappa shape index (κ2) is 8.21. The lowest BCUT2D eigenvalue weighted by Crippen LogP contribution is -2.21. The van der Waals surface area contributed by atoms with Crippen molar-refractivity contribution < 1.29 is 19.0 Å². The van der Waals surface area contributed by atoms with Gasteiger partial charge in [0, 0.05) is 24.2 Å². The average Bonchev–Trinajstić information content (AvgIpc) is 2.77. The first-order chi connectivity index (χ1) is 14.6. The Morgan fingerprint density at radius 1 is 1.30 bits per heavy atom. The zero-order valence-electron chi connectivity index (χ0n) is 15.9. The van der Waals surface area contributed by atoms with Gasteiger partial charge in [-0.15, -0.1) is 0 Å². The van der Waals surface area contributed by atoms with Gasteiger partial charge in [0.05, 0.1) is 35.7 Å². The molecular weight excluding hydrogens is 385 g/mol. The van der Waals surface area contributed by atoms with Gasteiger partial charge in [0.25, 0.3) is 0 Å². The van der Waals surface area contributed by atoms with E-state index >= 15 is 0 Å². The molecule has 0 fully saturated rings. The summed E-state index contributed by atoms with van der Waals surface area (Å²) in [6, 6.07) is 13.3. The third-order valence-corrected chi connectivity index (χ3v) is 5.18. The predicted octanol–water partition coefficient (Wildman–Crippen LogP) is 4.44. The highest BCUT2D eigenvalue weighted by atomic mass is 19.1. The van der Waals surface area contributed by atoms with Gasteiger partial charge >= 0.3 is 5.97 Å². The number of rotatable bonds is 5. The summed E-state index contributed by atoms with van der Waals surface area (Å²) < 4.78 is 20.2. The number of anilines is 1. The summed E-state index contributed by atoms with van der Waals surface area (Å²) in [6.07, 6.45) is 3.72. The van der Waals surface area contributed by atoms with E-state index < -0.39 is 11.8 Å². The van der Waals surface area contributed by atoms with E-state index in [2.05, 4.69) is 10.3 Å². The van der Waals surface area contributed by atoms with Crippen LogP contribution in [0.5, 0.6) is 5.75 Å². The molecule has 1 aliphatic rings. The molecule has 3 aromatic rings. The standard InChI is InChI=1S/C23H18FN3O3/c24-20-9-14(11-25)1-3-17(20)15-2-4-18-16(6-8-30-22(18)10-15)12-27-21-13-26-7-5-19(21)23(28)29/h1-5,7,9-10,13,16,27H,6,8,12H2,(H,28,29). The molecule has 0 saturated heterocycles. The highest BCUT2D eigenvalue weighted by molar-refractivity contribution is 5.93. The van der Waals surface area contributed by atoms with Crippen LogP contribution in [0.3, 0.4) is 0 Å². The van der Waals surface area contributed by atoms with Crippen molar-refractivity contribution in [3.05, 3.63) is 77.4 Å². The normalized spacial score (nSPS) is 14.9. The number of nitrogens with one attached hydrogen (secondary N) is 1. The van der Waals surface area contributed by atoms with Gasteiger partial charge in [0.2, 0.25) is 0 Å². The lowest BCUT2D eigenvalue weighted by Gasteiger charge is -2.27. The Labute approximate surface area is 172 Å². The van der Waals surface area contributed by atoms with Crippen LogP contribution in [0.25, 0.3) is 11.1 Å². The first kappa shape index (κ1) is 19.4. The monoisotopic (exact) mass is 403 g/mol. The van der Waals surface area contributed by atoms with Gasteiger partial charge in [-0.05, 0) is 41.8 Å². The van der Waals surface area contributed by atoms with Crippen molar-refractivity contribution in [1.82, 2.24) is 4.98 Å². The minimum atomic E-state index is -1.01. The van der Waals surface area contributed by atoms with Crippen LogP contribution in [0.2, 0.25) is 0 Å². The Kier molecular flexibility index (Phi) is 5.31. The largest absolute Gasteiger partial charge is 0.493 e. The fraction of sp³-hybridized carbons (Fsp3) is 0.174. The van der Waals surface area contributed by atoms with E-state index in [0.717, 1.165) is 12.0 Å². The molecule has 0 spiro atoms. The molecule has 1 aromatic heterocycles. The van der Waals surface area contributed by atoms with E-state index in [1.54, 1.807) is 18.2 Å². The second-order valence-corrected chi connectivity index (χ2v) is 7.00. The highest BCUT2D eigenvalue weighted by Crippen LogP contribution is 2.37. The molecule has 30 heavy (non-hydrogen) atoms. The van der Waals surface area contributed by atoms with Gasteiger partial charge in [-0.1, -0.05) is 18.2 Å². The van der Waals surface area contributed by atoms with Crippen LogP contribution < -0.4 is 10.1 Å². The number of fused-ring (bicyclic) bond motifs is 1. The fourth-order valence-corrected chi connectivity index (χ4v) is 3.62. The maximum Gasteiger partial charge on any atom is 0.337 e.